The largest absolute Gasteiger partial charge is 0.397 e. The van der Waals surface area contributed by atoms with Crippen LogP contribution < -0.4 is 10.6 Å². The molecule has 1 amide bonds. The van der Waals surface area contributed by atoms with Crippen molar-refractivity contribution in [2.24, 2.45) is 0 Å². The van der Waals surface area contributed by atoms with Gasteiger partial charge in [-0.25, -0.2) is 8.78 Å². The topological polar surface area (TPSA) is 46.3 Å². The molecule has 0 saturated heterocycles. The number of aryl methyl sites for hydroxylation is 1. The van der Waals surface area contributed by atoms with Gasteiger partial charge < -0.3 is 10.6 Å². The van der Waals surface area contributed by atoms with Crippen LogP contribution in [0.15, 0.2) is 36.4 Å². The van der Waals surface area contributed by atoms with E-state index in [4.69, 9.17) is 5.73 Å². The predicted molar refractivity (Wildman–Crippen MR) is 79.3 cm³/mol. The molecule has 110 valence electrons. The molecule has 0 aliphatic rings. The number of nitrogens with two attached hydrogens (primary N) is 1. The zero-order valence-corrected chi connectivity index (χ0v) is 11.9. The highest BCUT2D eigenvalue weighted by atomic mass is 19.1. The predicted octanol–water partition coefficient (Wildman–Crippen LogP) is 3.52. The standard InChI is InChI=1S/C16H16F2N2O/c1-3-20(15-7-5-4-6-14(15)19)16(21)11-8-10(2)12(17)9-13(11)18/h4-9H,3,19H2,1-2H3. The van der Waals surface area contributed by atoms with E-state index in [9.17, 15) is 13.6 Å². The van der Waals surface area contributed by atoms with Crippen molar-refractivity contribution in [2.75, 3.05) is 17.2 Å². The van der Waals surface area contributed by atoms with Crippen molar-refractivity contribution in [1.29, 1.82) is 0 Å². The van der Waals surface area contributed by atoms with Crippen LogP contribution in [0.25, 0.3) is 0 Å². The number of nitrogen functional groups attached to an aromatic ring is 1. The quantitative estimate of drug-likeness (QED) is 0.879. The zero-order valence-electron chi connectivity index (χ0n) is 11.9. The lowest BCUT2D eigenvalue weighted by atomic mass is 10.1. The van der Waals surface area contributed by atoms with Gasteiger partial charge in [0, 0.05) is 12.6 Å². The SMILES string of the molecule is CCN(C(=O)c1cc(C)c(F)cc1F)c1ccccc1N. The maximum Gasteiger partial charge on any atom is 0.261 e. The van der Waals surface area contributed by atoms with Crippen LogP contribution in [0.5, 0.6) is 0 Å². The molecule has 0 atom stereocenters. The molecule has 21 heavy (non-hydrogen) atoms. The molecule has 0 radical (unpaired) electrons. The number of halogens is 2. The third-order valence-electron chi connectivity index (χ3n) is 3.27. The Bertz CT molecular complexity index is 686. The van der Waals surface area contributed by atoms with Crippen molar-refractivity contribution >= 4 is 17.3 Å². The molecule has 0 bridgehead atoms. The Hall–Kier alpha value is -2.43. The van der Waals surface area contributed by atoms with Gasteiger partial charge in [-0.3, -0.25) is 4.79 Å². The van der Waals surface area contributed by atoms with Gasteiger partial charge >= 0.3 is 0 Å². The van der Waals surface area contributed by atoms with E-state index in [1.165, 1.54) is 17.9 Å². The van der Waals surface area contributed by atoms with Gasteiger partial charge in [-0.1, -0.05) is 12.1 Å². The molecule has 2 N–H and O–H groups in total. The molecule has 3 nitrogen and oxygen atoms in total. The highest BCUT2D eigenvalue weighted by Crippen LogP contribution is 2.25. The van der Waals surface area contributed by atoms with E-state index in [-0.39, 0.29) is 11.1 Å². The van der Waals surface area contributed by atoms with E-state index < -0.39 is 17.5 Å². The Morgan fingerprint density at radius 2 is 1.86 bits per heavy atom. The number of carbonyl (C=O) groups excluding carboxylic acids is 1. The molecule has 0 fully saturated rings. The number of carbonyl (C=O) groups is 1. The number of para-hydroxylation sites is 2. The van der Waals surface area contributed by atoms with Gasteiger partial charge in [0.05, 0.1) is 16.9 Å². The van der Waals surface area contributed by atoms with Gasteiger partial charge in [0.2, 0.25) is 0 Å². The minimum absolute atomic E-state index is 0.168. The van der Waals surface area contributed by atoms with E-state index in [1.807, 2.05) is 0 Å². The first-order chi connectivity index (χ1) is 9.95. The van der Waals surface area contributed by atoms with Gasteiger partial charge in [0.25, 0.3) is 5.91 Å². The lowest BCUT2D eigenvalue weighted by molar-refractivity contribution is 0.0984. The van der Waals surface area contributed by atoms with Gasteiger partial charge in [-0.05, 0) is 37.6 Å². The minimum Gasteiger partial charge on any atom is -0.397 e. The van der Waals surface area contributed by atoms with Gasteiger partial charge in [0.1, 0.15) is 11.6 Å². The van der Waals surface area contributed by atoms with Crippen LogP contribution >= 0.6 is 0 Å². The highest BCUT2D eigenvalue weighted by molar-refractivity contribution is 6.07. The summed E-state index contributed by atoms with van der Waals surface area (Å²) in [4.78, 5) is 13.9. The fourth-order valence-electron chi connectivity index (χ4n) is 2.12. The Balaban J connectivity index is 2.47. The summed E-state index contributed by atoms with van der Waals surface area (Å²) in [5.74, 6) is -2.10. The Labute approximate surface area is 122 Å². The number of anilines is 2. The number of hydrogen-bond acceptors (Lipinski definition) is 2. The fraction of sp³-hybridized carbons (Fsp3) is 0.188. The van der Waals surface area contributed by atoms with Crippen molar-refractivity contribution in [3.05, 3.63) is 59.2 Å². The summed E-state index contributed by atoms with van der Waals surface area (Å²) in [6.45, 7) is 3.57. The first-order valence-corrected chi connectivity index (χ1v) is 6.57. The summed E-state index contributed by atoms with van der Waals surface area (Å²) in [6, 6.07) is 8.79. The van der Waals surface area contributed by atoms with E-state index in [1.54, 1.807) is 31.2 Å². The molecule has 0 heterocycles. The van der Waals surface area contributed by atoms with Gasteiger partial charge in [0.15, 0.2) is 0 Å². The van der Waals surface area contributed by atoms with Crippen LogP contribution in [0.3, 0.4) is 0 Å². The van der Waals surface area contributed by atoms with E-state index in [0.717, 1.165) is 6.07 Å². The number of hydrogen-bond donors (Lipinski definition) is 1. The Kier molecular flexibility index (Phi) is 4.21. The summed E-state index contributed by atoms with van der Waals surface area (Å²) in [5, 5.41) is 0. The Morgan fingerprint density at radius 1 is 1.19 bits per heavy atom. The first kappa shape index (κ1) is 15.0. The second kappa shape index (κ2) is 5.91. The van der Waals surface area contributed by atoms with Crippen molar-refractivity contribution in [3.63, 3.8) is 0 Å². The zero-order chi connectivity index (χ0) is 15.6. The highest BCUT2D eigenvalue weighted by Gasteiger charge is 2.22. The van der Waals surface area contributed by atoms with Crippen LogP contribution in [0.4, 0.5) is 20.2 Å². The number of amides is 1. The van der Waals surface area contributed by atoms with Crippen LogP contribution in [-0.2, 0) is 0 Å². The second-order valence-corrected chi connectivity index (χ2v) is 4.69. The molecule has 0 aliphatic heterocycles. The molecule has 2 rings (SSSR count). The molecular weight excluding hydrogens is 274 g/mol. The minimum atomic E-state index is -0.879. The van der Waals surface area contributed by atoms with Crippen LogP contribution in [-0.4, -0.2) is 12.5 Å². The van der Waals surface area contributed by atoms with Crippen molar-refractivity contribution in [3.8, 4) is 0 Å². The summed E-state index contributed by atoms with van der Waals surface area (Å²) in [7, 11) is 0. The van der Waals surface area contributed by atoms with Crippen molar-refractivity contribution in [2.45, 2.75) is 13.8 Å². The van der Waals surface area contributed by atoms with Crippen LogP contribution in [0, 0.1) is 18.6 Å². The third kappa shape index (κ3) is 2.86. The summed E-state index contributed by atoms with van der Waals surface area (Å²) in [5.41, 5.74) is 6.84. The molecule has 2 aromatic rings. The van der Waals surface area contributed by atoms with Gasteiger partial charge in [-0.15, -0.1) is 0 Å². The third-order valence-corrected chi connectivity index (χ3v) is 3.27. The summed E-state index contributed by atoms with van der Waals surface area (Å²) >= 11 is 0. The van der Waals surface area contributed by atoms with E-state index in [2.05, 4.69) is 0 Å². The lowest BCUT2D eigenvalue weighted by Gasteiger charge is -2.23. The number of rotatable bonds is 3. The van der Waals surface area contributed by atoms with Gasteiger partial charge in [-0.2, -0.15) is 0 Å². The average Bonchev–Trinajstić information content (AvgIpc) is 2.45. The monoisotopic (exact) mass is 290 g/mol. The summed E-state index contributed by atoms with van der Waals surface area (Å²) < 4.78 is 27.2. The molecule has 0 spiro atoms. The summed E-state index contributed by atoms with van der Waals surface area (Å²) in [6.07, 6.45) is 0. The van der Waals surface area contributed by atoms with Crippen molar-refractivity contribution < 1.29 is 13.6 Å². The Morgan fingerprint density at radius 3 is 2.48 bits per heavy atom. The first-order valence-electron chi connectivity index (χ1n) is 6.57. The van der Waals surface area contributed by atoms with Crippen molar-refractivity contribution in [1.82, 2.24) is 0 Å². The molecule has 0 saturated carbocycles. The molecule has 5 heteroatoms. The molecule has 0 aliphatic carbocycles. The number of benzene rings is 2. The normalized spacial score (nSPS) is 10.5. The second-order valence-electron chi connectivity index (χ2n) is 4.69. The van der Waals surface area contributed by atoms with E-state index in [0.29, 0.717) is 17.9 Å². The molecule has 0 unspecified atom stereocenters. The van der Waals surface area contributed by atoms with Crippen LogP contribution in [0.2, 0.25) is 0 Å². The average molecular weight is 290 g/mol. The maximum atomic E-state index is 13.9. The molecule has 0 aromatic heterocycles. The van der Waals surface area contributed by atoms with Crippen LogP contribution in [0.1, 0.15) is 22.8 Å². The molecule has 2 aromatic carbocycles. The van der Waals surface area contributed by atoms with E-state index >= 15 is 0 Å². The smallest absolute Gasteiger partial charge is 0.261 e. The lowest BCUT2D eigenvalue weighted by Crippen LogP contribution is -2.32. The molecular formula is C16H16F2N2O. The fourth-order valence-corrected chi connectivity index (χ4v) is 2.12. The number of nitrogens with zero attached hydrogens (tertiary/aromatic N) is 1. The maximum absolute atomic E-state index is 13.9.